The average molecular weight is 345 g/mol. The van der Waals surface area contributed by atoms with Crippen molar-refractivity contribution in [3.8, 4) is 0 Å². The van der Waals surface area contributed by atoms with E-state index in [0.29, 0.717) is 0 Å². The minimum Gasteiger partial charge on any atom is -0.398 e. The van der Waals surface area contributed by atoms with Crippen LogP contribution in [0.1, 0.15) is 0 Å². The van der Waals surface area contributed by atoms with E-state index in [1.54, 1.807) is 0 Å². The number of hydrogen-bond donors (Lipinski definition) is 1. The van der Waals surface area contributed by atoms with E-state index in [-0.39, 0.29) is 49.4 Å². The van der Waals surface area contributed by atoms with Crippen LogP contribution in [0, 0.1) is 49.4 Å². The number of fused-ring (bicyclic) bond motifs is 3. The molecule has 2 heteroatoms. The molecule has 3 rings (SSSR count). The van der Waals surface area contributed by atoms with E-state index in [4.69, 9.17) is 5.73 Å². The molecule has 0 aliphatic rings. The van der Waals surface area contributed by atoms with Gasteiger partial charge in [-0.3, -0.25) is 0 Å². The SMILES string of the molecule is Nc1cccc2ccc3ccccc3c12.[Eu]. The molecule has 79 valence electrons. The van der Waals surface area contributed by atoms with E-state index in [0.717, 1.165) is 11.1 Å². The van der Waals surface area contributed by atoms with Crippen LogP contribution in [-0.2, 0) is 0 Å². The molecule has 0 fully saturated rings. The molecule has 0 aromatic heterocycles. The first kappa shape index (κ1) is 12.0. The molecular weight excluding hydrogens is 334 g/mol. The zero-order valence-electron chi connectivity index (χ0n) is 8.65. The van der Waals surface area contributed by atoms with Gasteiger partial charge in [0.25, 0.3) is 0 Å². The van der Waals surface area contributed by atoms with Crippen LogP contribution < -0.4 is 5.73 Å². The molecule has 3 aromatic rings. The normalized spacial score (nSPS) is 10.2. The summed E-state index contributed by atoms with van der Waals surface area (Å²) in [6, 6.07) is 18.6. The monoisotopic (exact) mass is 346 g/mol. The third-order valence-electron chi connectivity index (χ3n) is 2.80. The fraction of sp³-hybridized carbons (Fsp3) is 0. The number of benzene rings is 3. The second-order valence-electron chi connectivity index (χ2n) is 3.73. The van der Waals surface area contributed by atoms with Gasteiger partial charge in [-0.25, -0.2) is 0 Å². The summed E-state index contributed by atoms with van der Waals surface area (Å²) in [5.74, 6) is 0. The maximum atomic E-state index is 6.02. The first-order valence-electron chi connectivity index (χ1n) is 5.02. The van der Waals surface area contributed by atoms with Gasteiger partial charge in [0.1, 0.15) is 0 Å². The second-order valence-corrected chi connectivity index (χ2v) is 3.73. The van der Waals surface area contributed by atoms with Gasteiger partial charge in [-0.2, -0.15) is 0 Å². The molecule has 0 saturated heterocycles. The van der Waals surface area contributed by atoms with Crippen molar-refractivity contribution in [1.82, 2.24) is 0 Å². The van der Waals surface area contributed by atoms with Crippen LogP contribution in [0.4, 0.5) is 5.69 Å². The Morgan fingerprint density at radius 1 is 0.688 bits per heavy atom. The summed E-state index contributed by atoms with van der Waals surface area (Å²) in [6.45, 7) is 0. The van der Waals surface area contributed by atoms with Gasteiger partial charge in [-0.1, -0.05) is 48.5 Å². The molecule has 0 aliphatic carbocycles. The molecule has 1 radical (unpaired) electrons. The van der Waals surface area contributed by atoms with E-state index in [1.807, 2.05) is 24.3 Å². The Morgan fingerprint density at radius 2 is 1.38 bits per heavy atom. The summed E-state index contributed by atoms with van der Waals surface area (Å²) in [5, 5.41) is 4.83. The van der Waals surface area contributed by atoms with E-state index in [2.05, 4.69) is 30.3 Å². The van der Waals surface area contributed by atoms with Crippen LogP contribution >= 0.6 is 0 Å². The molecule has 0 unspecified atom stereocenters. The standard InChI is InChI=1S/C14H11N.Eu/c15-13-7-3-5-11-9-8-10-4-1-2-6-12(10)14(11)13;/h1-9H,15H2;. The summed E-state index contributed by atoms with van der Waals surface area (Å²) >= 11 is 0. The molecule has 0 aliphatic heterocycles. The molecule has 0 saturated carbocycles. The van der Waals surface area contributed by atoms with Crippen LogP contribution in [0.15, 0.2) is 54.6 Å². The third-order valence-corrected chi connectivity index (χ3v) is 2.80. The van der Waals surface area contributed by atoms with Crippen LogP contribution in [0.2, 0.25) is 0 Å². The molecule has 2 N–H and O–H groups in total. The van der Waals surface area contributed by atoms with Crippen LogP contribution in [0.5, 0.6) is 0 Å². The summed E-state index contributed by atoms with van der Waals surface area (Å²) in [5.41, 5.74) is 6.87. The zero-order chi connectivity index (χ0) is 10.3. The maximum absolute atomic E-state index is 6.02. The van der Waals surface area contributed by atoms with E-state index in [9.17, 15) is 0 Å². The van der Waals surface area contributed by atoms with Crippen molar-refractivity contribution in [2.75, 3.05) is 5.73 Å². The predicted molar refractivity (Wildman–Crippen MR) is 65.9 cm³/mol. The zero-order valence-corrected chi connectivity index (χ0v) is 11.1. The average Bonchev–Trinajstić information content (AvgIpc) is 2.29. The van der Waals surface area contributed by atoms with Crippen molar-refractivity contribution in [3.05, 3.63) is 54.6 Å². The number of nitrogens with two attached hydrogens (primary N) is 1. The first-order valence-corrected chi connectivity index (χ1v) is 5.02. The summed E-state index contributed by atoms with van der Waals surface area (Å²) < 4.78 is 0. The van der Waals surface area contributed by atoms with Crippen LogP contribution in [0.25, 0.3) is 21.5 Å². The van der Waals surface area contributed by atoms with E-state index < -0.39 is 0 Å². The van der Waals surface area contributed by atoms with Gasteiger partial charge in [0.05, 0.1) is 0 Å². The topological polar surface area (TPSA) is 26.0 Å². The van der Waals surface area contributed by atoms with Crippen molar-refractivity contribution < 1.29 is 49.4 Å². The van der Waals surface area contributed by atoms with Crippen LogP contribution in [0.3, 0.4) is 0 Å². The second kappa shape index (κ2) is 4.83. The molecule has 0 spiro atoms. The van der Waals surface area contributed by atoms with Gasteiger partial charge >= 0.3 is 0 Å². The molecule has 0 bridgehead atoms. The number of rotatable bonds is 0. The molecule has 0 heterocycles. The van der Waals surface area contributed by atoms with Gasteiger partial charge in [-0.15, -0.1) is 0 Å². The fourth-order valence-electron chi connectivity index (χ4n) is 2.09. The Morgan fingerprint density at radius 3 is 2.25 bits per heavy atom. The van der Waals surface area contributed by atoms with Gasteiger partial charge in [-0.05, 0) is 22.2 Å². The number of anilines is 1. The van der Waals surface area contributed by atoms with Gasteiger partial charge < -0.3 is 5.73 Å². The van der Waals surface area contributed by atoms with E-state index >= 15 is 0 Å². The van der Waals surface area contributed by atoms with Gasteiger partial charge in [0, 0.05) is 60.5 Å². The quantitative estimate of drug-likeness (QED) is 0.489. The van der Waals surface area contributed by atoms with Crippen molar-refractivity contribution >= 4 is 27.2 Å². The first-order chi connectivity index (χ1) is 7.36. The summed E-state index contributed by atoms with van der Waals surface area (Å²) in [6.07, 6.45) is 0. The molecule has 0 atom stereocenters. The number of hydrogen-bond acceptors (Lipinski definition) is 1. The van der Waals surface area contributed by atoms with E-state index in [1.165, 1.54) is 16.2 Å². The van der Waals surface area contributed by atoms with Crippen molar-refractivity contribution in [3.63, 3.8) is 0 Å². The Kier molecular flexibility index (Phi) is 3.63. The molecule has 0 amide bonds. The van der Waals surface area contributed by atoms with Crippen LogP contribution in [-0.4, -0.2) is 0 Å². The van der Waals surface area contributed by atoms with Crippen molar-refractivity contribution in [2.24, 2.45) is 0 Å². The van der Waals surface area contributed by atoms with Crippen molar-refractivity contribution in [2.45, 2.75) is 0 Å². The smallest absolute Gasteiger partial charge is 0.0400 e. The molecular formula is C14H11EuN. The largest absolute Gasteiger partial charge is 0.398 e. The molecule has 3 aromatic carbocycles. The third kappa shape index (κ3) is 1.90. The predicted octanol–water partition coefficient (Wildman–Crippen LogP) is 3.58. The Hall–Kier alpha value is -0.436. The molecule has 16 heavy (non-hydrogen) atoms. The van der Waals surface area contributed by atoms with Gasteiger partial charge in [0.2, 0.25) is 0 Å². The van der Waals surface area contributed by atoms with Gasteiger partial charge in [0.15, 0.2) is 0 Å². The Balaban J connectivity index is 0.000000963. The molecule has 1 nitrogen and oxygen atoms in total. The van der Waals surface area contributed by atoms with Crippen molar-refractivity contribution in [1.29, 1.82) is 0 Å². The minimum absolute atomic E-state index is 0. The maximum Gasteiger partial charge on any atom is 0.0400 e. The summed E-state index contributed by atoms with van der Waals surface area (Å²) in [4.78, 5) is 0. The minimum atomic E-state index is 0. The Labute approximate surface area is 135 Å². The summed E-state index contributed by atoms with van der Waals surface area (Å²) in [7, 11) is 0. The Bertz CT molecular complexity index is 646. The number of nitrogen functional groups attached to an aromatic ring is 1. The fourth-order valence-corrected chi connectivity index (χ4v) is 2.09.